The summed E-state index contributed by atoms with van der Waals surface area (Å²) >= 11 is 2.82. The minimum Gasteiger partial charge on any atom is -0.294 e. The minimum atomic E-state index is -1.00. The van der Waals surface area contributed by atoms with E-state index >= 15 is 0 Å². The molecule has 0 saturated heterocycles. The molecule has 0 amide bonds. The number of halogens is 1. The molecule has 0 N–H and O–H groups in total. The summed E-state index contributed by atoms with van der Waals surface area (Å²) in [4.78, 5) is 20.2. The van der Waals surface area contributed by atoms with Gasteiger partial charge in [-0.25, -0.2) is 0 Å². The van der Waals surface area contributed by atoms with E-state index in [4.69, 9.17) is 0 Å². The second kappa shape index (κ2) is 4.85. The van der Waals surface area contributed by atoms with Gasteiger partial charge in [0.25, 0.3) is 4.95 Å². The van der Waals surface area contributed by atoms with E-state index in [9.17, 15) is 14.9 Å². The zero-order valence-electron chi connectivity index (χ0n) is 7.22. The first-order valence-corrected chi connectivity index (χ1v) is 4.88. The van der Waals surface area contributed by atoms with Gasteiger partial charge in [0.15, 0.2) is 5.78 Å². The van der Waals surface area contributed by atoms with Crippen molar-refractivity contribution in [1.82, 2.24) is 0 Å². The number of benzene rings is 1. The molecule has 1 rings (SSSR count). The smallest absolute Gasteiger partial charge is 0.273 e. The highest BCUT2D eigenvalue weighted by Gasteiger charge is 2.20. The highest BCUT2D eigenvalue weighted by Crippen LogP contribution is 2.11. The molecule has 0 bridgehead atoms. The summed E-state index contributed by atoms with van der Waals surface area (Å²) < 4.78 is 0. The van der Waals surface area contributed by atoms with Crippen LogP contribution in [0.1, 0.15) is 16.8 Å². The molecular weight excluding hydrogens is 250 g/mol. The van der Waals surface area contributed by atoms with Gasteiger partial charge >= 0.3 is 0 Å². The van der Waals surface area contributed by atoms with Gasteiger partial charge < -0.3 is 0 Å². The van der Waals surface area contributed by atoms with Crippen LogP contribution in [0.4, 0.5) is 0 Å². The predicted molar refractivity (Wildman–Crippen MR) is 55.1 cm³/mol. The molecule has 14 heavy (non-hydrogen) atoms. The molecule has 0 spiro atoms. The maximum Gasteiger partial charge on any atom is 0.273 e. The highest BCUT2D eigenvalue weighted by atomic mass is 79.9. The summed E-state index contributed by atoms with van der Waals surface area (Å²) in [7, 11) is 0. The molecule has 74 valence electrons. The standard InChI is InChI=1S/C9H8BrNO3/c10-9(11(13)14)6-8(12)7-4-2-1-3-5-7/h1-5,9H,6H2. The van der Waals surface area contributed by atoms with Crippen molar-refractivity contribution in [3.8, 4) is 0 Å². The van der Waals surface area contributed by atoms with Gasteiger partial charge in [0.05, 0.1) is 6.42 Å². The van der Waals surface area contributed by atoms with Gasteiger partial charge in [0.2, 0.25) is 0 Å². The molecule has 0 aliphatic carbocycles. The third-order valence-corrected chi connectivity index (χ3v) is 2.34. The van der Waals surface area contributed by atoms with E-state index in [1.165, 1.54) is 0 Å². The molecule has 0 heterocycles. The van der Waals surface area contributed by atoms with Crippen molar-refractivity contribution in [2.45, 2.75) is 11.4 Å². The van der Waals surface area contributed by atoms with Crippen molar-refractivity contribution in [3.63, 3.8) is 0 Å². The number of carbonyl (C=O) groups is 1. The van der Waals surface area contributed by atoms with Gasteiger partial charge in [0.1, 0.15) is 0 Å². The van der Waals surface area contributed by atoms with Crippen LogP contribution in [-0.4, -0.2) is 15.7 Å². The van der Waals surface area contributed by atoms with Crippen molar-refractivity contribution >= 4 is 21.7 Å². The number of hydrogen-bond donors (Lipinski definition) is 0. The van der Waals surface area contributed by atoms with Crippen LogP contribution in [0.2, 0.25) is 0 Å². The largest absolute Gasteiger partial charge is 0.294 e. The second-order valence-electron chi connectivity index (χ2n) is 2.71. The molecule has 1 aromatic rings. The van der Waals surface area contributed by atoms with Gasteiger partial charge in [-0.1, -0.05) is 30.3 Å². The molecule has 5 heteroatoms. The van der Waals surface area contributed by atoms with Crippen molar-refractivity contribution < 1.29 is 9.72 Å². The maximum absolute atomic E-state index is 11.4. The van der Waals surface area contributed by atoms with Crippen LogP contribution in [0.5, 0.6) is 0 Å². The SMILES string of the molecule is O=C(CC(Br)[N+](=O)[O-])c1ccccc1. The van der Waals surface area contributed by atoms with Gasteiger partial charge in [-0.3, -0.25) is 14.9 Å². The summed E-state index contributed by atoms with van der Waals surface area (Å²) in [5, 5.41) is 10.3. The van der Waals surface area contributed by atoms with E-state index in [0.29, 0.717) is 5.56 Å². The molecule has 1 atom stereocenters. The van der Waals surface area contributed by atoms with Crippen molar-refractivity contribution in [3.05, 3.63) is 46.0 Å². The summed E-state index contributed by atoms with van der Waals surface area (Å²) in [5.41, 5.74) is 0.499. The van der Waals surface area contributed by atoms with E-state index in [0.717, 1.165) is 0 Å². The van der Waals surface area contributed by atoms with Gasteiger partial charge in [-0.05, 0) is 15.9 Å². The average molecular weight is 258 g/mol. The van der Waals surface area contributed by atoms with E-state index in [2.05, 4.69) is 15.9 Å². The van der Waals surface area contributed by atoms with E-state index < -0.39 is 9.87 Å². The predicted octanol–water partition coefficient (Wildman–Crippen LogP) is 2.26. The van der Waals surface area contributed by atoms with Crippen LogP contribution in [0.25, 0.3) is 0 Å². The first kappa shape index (κ1) is 10.8. The van der Waals surface area contributed by atoms with Crippen LogP contribution in [0.15, 0.2) is 30.3 Å². The Kier molecular flexibility index (Phi) is 3.76. The molecule has 1 aromatic carbocycles. The fraction of sp³-hybridized carbons (Fsp3) is 0.222. The van der Waals surface area contributed by atoms with Crippen LogP contribution < -0.4 is 0 Å². The third kappa shape index (κ3) is 2.92. The first-order valence-electron chi connectivity index (χ1n) is 3.97. The van der Waals surface area contributed by atoms with E-state index in [-0.39, 0.29) is 12.2 Å². The third-order valence-electron chi connectivity index (χ3n) is 1.68. The number of ketones is 1. The summed E-state index contributed by atoms with van der Waals surface area (Å²) in [6, 6.07) is 8.52. The Balaban J connectivity index is 2.64. The summed E-state index contributed by atoms with van der Waals surface area (Å²) in [6.45, 7) is 0. The molecule has 4 nitrogen and oxygen atoms in total. The first-order chi connectivity index (χ1) is 6.61. The number of hydrogen-bond acceptors (Lipinski definition) is 3. The monoisotopic (exact) mass is 257 g/mol. The number of nitro groups is 1. The molecule has 0 fully saturated rings. The fourth-order valence-corrected chi connectivity index (χ4v) is 1.26. The Morgan fingerprint density at radius 3 is 2.50 bits per heavy atom. The minimum absolute atomic E-state index is 0.128. The Morgan fingerprint density at radius 2 is 2.00 bits per heavy atom. The van der Waals surface area contributed by atoms with Gasteiger partial charge in [-0.15, -0.1) is 0 Å². The number of nitrogens with zero attached hydrogens (tertiary/aromatic N) is 1. The summed E-state index contributed by atoms with van der Waals surface area (Å²) in [6.07, 6.45) is -0.128. The zero-order chi connectivity index (χ0) is 10.6. The Morgan fingerprint density at radius 1 is 1.43 bits per heavy atom. The molecule has 1 unspecified atom stereocenters. The molecule has 0 aliphatic rings. The topological polar surface area (TPSA) is 60.2 Å². The number of Topliss-reactive ketones (excluding diaryl/α,β-unsaturated/α-hetero) is 1. The lowest BCUT2D eigenvalue weighted by Gasteiger charge is -2.01. The number of alkyl halides is 1. The summed E-state index contributed by atoms with van der Waals surface area (Å²) in [5.74, 6) is -0.232. The molecule has 0 saturated carbocycles. The van der Waals surface area contributed by atoms with E-state index in [1.807, 2.05) is 0 Å². The van der Waals surface area contributed by atoms with Crippen molar-refractivity contribution in [2.24, 2.45) is 0 Å². The zero-order valence-corrected chi connectivity index (χ0v) is 8.81. The molecule has 0 aromatic heterocycles. The van der Waals surface area contributed by atoms with Crippen molar-refractivity contribution in [1.29, 1.82) is 0 Å². The molecule has 0 radical (unpaired) electrons. The Labute approximate surface area is 89.2 Å². The number of carbonyl (C=O) groups excluding carboxylic acids is 1. The lowest BCUT2D eigenvalue weighted by molar-refractivity contribution is -0.491. The molecule has 0 aliphatic heterocycles. The van der Waals surface area contributed by atoms with E-state index in [1.54, 1.807) is 30.3 Å². The van der Waals surface area contributed by atoms with Crippen LogP contribution in [0, 0.1) is 10.1 Å². The lowest BCUT2D eigenvalue weighted by atomic mass is 10.1. The van der Waals surface area contributed by atoms with Crippen LogP contribution >= 0.6 is 15.9 Å². The van der Waals surface area contributed by atoms with Gasteiger partial charge in [-0.2, -0.15) is 0 Å². The fourth-order valence-electron chi connectivity index (χ4n) is 0.969. The Hall–Kier alpha value is -1.23. The average Bonchev–Trinajstić information content (AvgIpc) is 2.19. The van der Waals surface area contributed by atoms with Crippen LogP contribution in [0.3, 0.4) is 0 Å². The quantitative estimate of drug-likeness (QED) is 0.273. The maximum atomic E-state index is 11.4. The van der Waals surface area contributed by atoms with Crippen LogP contribution in [-0.2, 0) is 0 Å². The second-order valence-corrected chi connectivity index (χ2v) is 3.77. The van der Waals surface area contributed by atoms with Gasteiger partial charge in [0, 0.05) is 10.5 Å². The molecular formula is C9H8BrNO3. The van der Waals surface area contributed by atoms with Crippen molar-refractivity contribution in [2.75, 3.05) is 0 Å². The lowest BCUT2D eigenvalue weighted by Crippen LogP contribution is -2.16. The highest BCUT2D eigenvalue weighted by molar-refractivity contribution is 9.09. The number of rotatable bonds is 4. The Bertz CT molecular complexity index is 339. The normalized spacial score (nSPS) is 12.1.